The maximum atomic E-state index is 2.54. The molecule has 2 aliphatic rings. The van der Waals surface area contributed by atoms with E-state index >= 15 is 0 Å². The van der Waals surface area contributed by atoms with Crippen molar-refractivity contribution in [3.63, 3.8) is 0 Å². The van der Waals surface area contributed by atoms with E-state index in [0.717, 1.165) is 0 Å². The van der Waals surface area contributed by atoms with Gasteiger partial charge in [0, 0.05) is 46.4 Å². The summed E-state index contributed by atoms with van der Waals surface area (Å²) in [6.07, 6.45) is 0. The predicted molar refractivity (Wildman–Crippen MR) is 221 cm³/mol. The molecule has 2 aromatic heterocycles. The number of benzene rings is 8. The van der Waals surface area contributed by atoms with E-state index in [-0.39, 0.29) is 0 Å². The molecular formula is C49H29NS2. The van der Waals surface area contributed by atoms with Crippen LogP contribution in [0.1, 0.15) is 22.3 Å². The van der Waals surface area contributed by atoms with Gasteiger partial charge in [0.05, 0.1) is 16.4 Å². The van der Waals surface area contributed by atoms with Crippen LogP contribution in [-0.4, -0.2) is 4.57 Å². The second-order valence-electron chi connectivity index (χ2n) is 14.0. The monoisotopic (exact) mass is 695 g/mol. The Bertz CT molecular complexity index is 3060. The summed E-state index contributed by atoms with van der Waals surface area (Å²) >= 11 is 3.79. The molecule has 242 valence electrons. The molecule has 0 amide bonds. The Labute approximate surface area is 309 Å². The van der Waals surface area contributed by atoms with Gasteiger partial charge in [0.15, 0.2) is 0 Å². The van der Waals surface area contributed by atoms with Gasteiger partial charge in [-0.05, 0) is 99.1 Å². The van der Waals surface area contributed by atoms with Gasteiger partial charge in [0.2, 0.25) is 0 Å². The molecule has 1 aliphatic carbocycles. The average Bonchev–Trinajstić information content (AvgIpc) is 3.84. The summed E-state index contributed by atoms with van der Waals surface area (Å²) in [4.78, 5) is 2.65. The highest BCUT2D eigenvalue weighted by molar-refractivity contribution is 7.99. The zero-order chi connectivity index (χ0) is 34.0. The van der Waals surface area contributed by atoms with Gasteiger partial charge in [0.1, 0.15) is 0 Å². The van der Waals surface area contributed by atoms with Gasteiger partial charge in [0.25, 0.3) is 0 Å². The highest BCUT2D eigenvalue weighted by atomic mass is 32.2. The van der Waals surface area contributed by atoms with Crippen LogP contribution in [0.3, 0.4) is 0 Å². The van der Waals surface area contributed by atoms with E-state index in [0.29, 0.717) is 0 Å². The fourth-order valence-corrected chi connectivity index (χ4v) is 11.8. The molecule has 12 rings (SSSR count). The minimum atomic E-state index is -0.418. The van der Waals surface area contributed by atoms with Gasteiger partial charge >= 0.3 is 0 Å². The van der Waals surface area contributed by atoms with Gasteiger partial charge < -0.3 is 4.57 Å². The Balaban J connectivity index is 1.20. The molecule has 8 aromatic carbocycles. The molecule has 0 fully saturated rings. The van der Waals surface area contributed by atoms with E-state index in [4.69, 9.17) is 0 Å². The first-order chi connectivity index (χ1) is 25.8. The van der Waals surface area contributed by atoms with Gasteiger partial charge in [-0.1, -0.05) is 133 Å². The highest BCUT2D eigenvalue weighted by Gasteiger charge is 2.50. The maximum absolute atomic E-state index is 2.54. The van der Waals surface area contributed by atoms with Gasteiger partial charge in [-0.2, -0.15) is 0 Å². The van der Waals surface area contributed by atoms with E-state index in [2.05, 4.69) is 180 Å². The summed E-state index contributed by atoms with van der Waals surface area (Å²) in [5.41, 5.74) is 13.9. The second kappa shape index (κ2) is 10.6. The van der Waals surface area contributed by atoms with Crippen LogP contribution in [0.15, 0.2) is 186 Å². The van der Waals surface area contributed by atoms with Crippen molar-refractivity contribution in [3.8, 4) is 27.9 Å². The third kappa shape index (κ3) is 3.69. The van der Waals surface area contributed by atoms with Crippen LogP contribution in [0, 0.1) is 0 Å². The Morgan fingerprint density at radius 3 is 1.88 bits per heavy atom. The number of thiophene rings is 1. The molecular weight excluding hydrogens is 667 g/mol. The second-order valence-corrected chi connectivity index (χ2v) is 16.1. The third-order valence-electron chi connectivity index (χ3n) is 11.5. The predicted octanol–water partition coefficient (Wildman–Crippen LogP) is 13.6. The SMILES string of the molecule is c1ccc(-n2c3ccc(-c4cccc5c4sc4ccccc45)cc3c3cc4c(cc32)C2(c3ccccc3Sc3ccccc32)c2ccccc2-4)cc1. The van der Waals surface area contributed by atoms with E-state index in [1.807, 2.05) is 23.1 Å². The number of hydrogen-bond acceptors (Lipinski definition) is 2. The fraction of sp³-hybridized carbons (Fsp3) is 0.0204. The van der Waals surface area contributed by atoms with Crippen LogP contribution < -0.4 is 0 Å². The molecule has 0 saturated heterocycles. The number of nitrogens with zero attached hydrogens (tertiary/aromatic N) is 1. The smallest absolute Gasteiger partial charge is 0.0736 e. The lowest BCUT2D eigenvalue weighted by atomic mass is 9.67. The Hall–Kier alpha value is -5.87. The van der Waals surface area contributed by atoms with Crippen LogP contribution in [0.4, 0.5) is 0 Å². The molecule has 0 radical (unpaired) electrons. The average molecular weight is 696 g/mol. The maximum Gasteiger partial charge on any atom is 0.0736 e. The lowest BCUT2D eigenvalue weighted by Gasteiger charge is -2.39. The van der Waals surface area contributed by atoms with Gasteiger partial charge in [-0.15, -0.1) is 11.3 Å². The van der Waals surface area contributed by atoms with Crippen molar-refractivity contribution in [2.24, 2.45) is 0 Å². The normalized spacial score (nSPS) is 13.8. The summed E-state index contributed by atoms with van der Waals surface area (Å²) in [6, 6.07) is 65.9. The quantitative estimate of drug-likeness (QED) is 0.174. The van der Waals surface area contributed by atoms with E-state index in [9.17, 15) is 0 Å². The molecule has 3 heteroatoms. The minimum Gasteiger partial charge on any atom is -0.309 e. The van der Waals surface area contributed by atoms with E-state index in [1.165, 1.54) is 102 Å². The van der Waals surface area contributed by atoms with Crippen molar-refractivity contribution >= 4 is 65.1 Å². The zero-order valence-corrected chi connectivity index (χ0v) is 29.6. The van der Waals surface area contributed by atoms with Crippen LogP contribution in [0.2, 0.25) is 0 Å². The molecule has 3 heterocycles. The first-order valence-corrected chi connectivity index (χ1v) is 19.5. The summed E-state index contributed by atoms with van der Waals surface area (Å²) < 4.78 is 5.17. The van der Waals surface area contributed by atoms with E-state index in [1.54, 1.807) is 0 Å². The third-order valence-corrected chi connectivity index (χ3v) is 13.8. The van der Waals surface area contributed by atoms with Gasteiger partial charge in [-0.3, -0.25) is 0 Å². The van der Waals surface area contributed by atoms with E-state index < -0.39 is 5.41 Å². The number of hydrogen-bond donors (Lipinski definition) is 0. The molecule has 0 N–H and O–H groups in total. The first kappa shape index (κ1) is 28.8. The summed E-state index contributed by atoms with van der Waals surface area (Å²) in [6.45, 7) is 0. The molecule has 52 heavy (non-hydrogen) atoms. The lowest BCUT2D eigenvalue weighted by Crippen LogP contribution is -2.31. The number of rotatable bonds is 2. The largest absolute Gasteiger partial charge is 0.309 e. The number of para-hydroxylation sites is 1. The van der Waals surface area contributed by atoms with Crippen LogP contribution in [0.5, 0.6) is 0 Å². The van der Waals surface area contributed by atoms with Crippen LogP contribution in [0.25, 0.3) is 69.9 Å². The summed E-state index contributed by atoms with van der Waals surface area (Å²) in [5.74, 6) is 0. The molecule has 0 atom stereocenters. The van der Waals surface area contributed by atoms with Crippen molar-refractivity contribution in [2.45, 2.75) is 15.2 Å². The van der Waals surface area contributed by atoms with Crippen molar-refractivity contribution in [1.29, 1.82) is 0 Å². The molecule has 0 bridgehead atoms. The highest BCUT2D eigenvalue weighted by Crippen LogP contribution is 2.62. The molecule has 0 saturated carbocycles. The molecule has 1 spiro atoms. The van der Waals surface area contributed by atoms with Crippen molar-refractivity contribution in [2.75, 3.05) is 0 Å². The van der Waals surface area contributed by atoms with Crippen molar-refractivity contribution in [3.05, 3.63) is 198 Å². The summed E-state index contributed by atoms with van der Waals surface area (Å²) in [5, 5.41) is 5.21. The fourth-order valence-electron chi connectivity index (χ4n) is 9.36. The molecule has 0 unspecified atom stereocenters. The Morgan fingerprint density at radius 1 is 0.404 bits per heavy atom. The molecule has 1 aliphatic heterocycles. The van der Waals surface area contributed by atoms with Crippen LogP contribution >= 0.6 is 23.1 Å². The lowest BCUT2D eigenvalue weighted by molar-refractivity contribution is 0.723. The number of aromatic nitrogens is 1. The Morgan fingerprint density at radius 2 is 1.06 bits per heavy atom. The van der Waals surface area contributed by atoms with Crippen molar-refractivity contribution < 1.29 is 0 Å². The zero-order valence-electron chi connectivity index (χ0n) is 28.0. The molecule has 1 nitrogen and oxygen atoms in total. The Kier molecular flexibility index (Phi) is 5.86. The van der Waals surface area contributed by atoms with Gasteiger partial charge in [-0.25, -0.2) is 0 Å². The first-order valence-electron chi connectivity index (χ1n) is 17.8. The topological polar surface area (TPSA) is 4.93 Å². The van der Waals surface area contributed by atoms with Crippen LogP contribution in [-0.2, 0) is 5.41 Å². The number of fused-ring (bicyclic) bond motifs is 15. The summed E-state index contributed by atoms with van der Waals surface area (Å²) in [7, 11) is 0. The standard InChI is InChI=1S/C49H29NS2/c1-2-13-31(14-3-1)50-43-26-25-30(32-17-12-18-35-34-16-5-9-22-45(34)52-48(32)35)27-37(43)38-28-36-33-15-4-6-19-39(33)49(42(36)29-44(38)50)40-20-7-10-23-46(40)51-47-24-11-8-21-41(47)49/h1-29H. The van der Waals surface area contributed by atoms with Crippen molar-refractivity contribution in [1.82, 2.24) is 4.57 Å². The molecule has 10 aromatic rings. The minimum absolute atomic E-state index is 0.418.